The highest BCUT2D eigenvalue weighted by Gasteiger charge is 2.31. The van der Waals surface area contributed by atoms with E-state index in [1.807, 2.05) is 23.1 Å². The Morgan fingerprint density at radius 3 is 2.53 bits per heavy atom. The van der Waals surface area contributed by atoms with E-state index in [0.717, 1.165) is 5.56 Å². The molecule has 1 N–H and O–H groups in total. The summed E-state index contributed by atoms with van der Waals surface area (Å²) < 4.78 is 5.24. The van der Waals surface area contributed by atoms with Crippen molar-refractivity contribution in [2.24, 2.45) is 0 Å². The van der Waals surface area contributed by atoms with Gasteiger partial charge in [0.1, 0.15) is 6.04 Å². The fraction of sp³-hybridized carbons (Fsp3) is 0.417. The monoisotopic (exact) mass is 265 g/mol. The summed E-state index contributed by atoms with van der Waals surface area (Å²) >= 11 is 0. The SMILES string of the molecule is O=C(N[N+](=O)[O-])C(c1ccccc1)N1CCOCC1. The van der Waals surface area contributed by atoms with Crippen LogP contribution in [-0.4, -0.2) is 42.1 Å². The molecular weight excluding hydrogens is 250 g/mol. The maximum absolute atomic E-state index is 12.0. The maximum Gasteiger partial charge on any atom is 0.301 e. The zero-order valence-electron chi connectivity index (χ0n) is 10.3. The lowest BCUT2D eigenvalue weighted by atomic mass is 10.0. The summed E-state index contributed by atoms with van der Waals surface area (Å²) in [7, 11) is 0. The van der Waals surface area contributed by atoms with E-state index in [4.69, 9.17) is 4.74 Å². The van der Waals surface area contributed by atoms with Crippen molar-refractivity contribution in [3.8, 4) is 0 Å². The molecule has 1 aliphatic heterocycles. The molecule has 102 valence electrons. The second-order valence-electron chi connectivity index (χ2n) is 4.19. The number of amides is 1. The Balaban J connectivity index is 2.22. The minimum Gasteiger partial charge on any atom is -0.379 e. The molecule has 7 nitrogen and oxygen atoms in total. The molecule has 1 amide bonds. The predicted octanol–water partition coefficient (Wildman–Crippen LogP) is 0.368. The molecule has 0 spiro atoms. The normalized spacial score (nSPS) is 17.7. The van der Waals surface area contributed by atoms with E-state index in [1.54, 1.807) is 17.6 Å². The van der Waals surface area contributed by atoms with E-state index in [9.17, 15) is 14.9 Å². The molecule has 1 heterocycles. The van der Waals surface area contributed by atoms with Crippen molar-refractivity contribution >= 4 is 5.91 Å². The van der Waals surface area contributed by atoms with Gasteiger partial charge in [-0.05, 0) is 5.56 Å². The smallest absolute Gasteiger partial charge is 0.301 e. The zero-order chi connectivity index (χ0) is 13.7. The number of nitro groups is 1. The lowest BCUT2D eigenvalue weighted by molar-refractivity contribution is -0.530. The first-order valence-electron chi connectivity index (χ1n) is 6.00. The second-order valence-corrected chi connectivity index (χ2v) is 4.19. The Kier molecular flexibility index (Phi) is 4.43. The van der Waals surface area contributed by atoms with Crippen molar-refractivity contribution in [3.05, 3.63) is 46.0 Å². The van der Waals surface area contributed by atoms with Gasteiger partial charge in [0.25, 0.3) is 0 Å². The average Bonchev–Trinajstić information content (AvgIpc) is 2.40. The molecule has 1 atom stereocenters. The molecule has 0 saturated carbocycles. The van der Waals surface area contributed by atoms with Crippen molar-refractivity contribution in [1.29, 1.82) is 0 Å². The Labute approximate surface area is 110 Å². The molecule has 0 aliphatic carbocycles. The Morgan fingerprint density at radius 1 is 1.32 bits per heavy atom. The number of hydrogen-bond acceptors (Lipinski definition) is 5. The Hall–Kier alpha value is -1.99. The van der Waals surface area contributed by atoms with E-state index in [1.165, 1.54) is 0 Å². The van der Waals surface area contributed by atoms with Crippen molar-refractivity contribution in [1.82, 2.24) is 10.3 Å². The van der Waals surface area contributed by atoms with E-state index < -0.39 is 17.0 Å². The highest BCUT2D eigenvalue weighted by molar-refractivity contribution is 5.82. The lowest BCUT2D eigenvalue weighted by Crippen LogP contribution is -2.46. The quantitative estimate of drug-likeness (QED) is 0.628. The van der Waals surface area contributed by atoms with Gasteiger partial charge < -0.3 is 4.74 Å². The first kappa shape index (κ1) is 13.4. The molecule has 1 saturated heterocycles. The summed E-state index contributed by atoms with van der Waals surface area (Å²) in [5, 5.41) is 9.64. The van der Waals surface area contributed by atoms with Gasteiger partial charge >= 0.3 is 5.91 Å². The molecule has 0 radical (unpaired) electrons. The third-order valence-corrected chi connectivity index (χ3v) is 2.98. The van der Waals surface area contributed by atoms with Crippen LogP contribution >= 0.6 is 0 Å². The minimum atomic E-state index is -0.821. The summed E-state index contributed by atoms with van der Waals surface area (Å²) in [6.07, 6.45) is 0. The molecule has 1 aliphatic rings. The molecular formula is C12H15N3O4. The van der Waals surface area contributed by atoms with Crippen LogP contribution in [0.25, 0.3) is 0 Å². The van der Waals surface area contributed by atoms with Gasteiger partial charge in [0.05, 0.1) is 13.2 Å². The molecule has 1 unspecified atom stereocenters. The van der Waals surface area contributed by atoms with Gasteiger partial charge in [-0.3, -0.25) is 9.69 Å². The molecule has 0 bridgehead atoms. The highest BCUT2D eigenvalue weighted by atomic mass is 16.7. The molecule has 0 aromatic heterocycles. The number of carbonyl (C=O) groups is 1. The largest absolute Gasteiger partial charge is 0.379 e. The number of hydrogen-bond donors (Lipinski definition) is 1. The van der Waals surface area contributed by atoms with E-state index in [-0.39, 0.29) is 0 Å². The van der Waals surface area contributed by atoms with Gasteiger partial charge in [0.15, 0.2) is 5.03 Å². The van der Waals surface area contributed by atoms with Crippen LogP contribution in [0.5, 0.6) is 0 Å². The Morgan fingerprint density at radius 2 is 1.95 bits per heavy atom. The number of hydrazine groups is 1. The van der Waals surface area contributed by atoms with Crippen LogP contribution in [0.1, 0.15) is 11.6 Å². The number of ether oxygens (including phenoxy) is 1. The molecule has 1 aromatic rings. The van der Waals surface area contributed by atoms with Crippen LogP contribution in [0.4, 0.5) is 0 Å². The van der Waals surface area contributed by atoms with Crippen LogP contribution in [0.3, 0.4) is 0 Å². The fourth-order valence-electron chi connectivity index (χ4n) is 2.15. The van der Waals surface area contributed by atoms with Crippen LogP contribution in [0.2, 0.25) is 0 Å². The molecule has 1 aromatic carbocycles. The minimum absolute atomic E-state index is 0.523. The van der Waals surface area contributed by atoms with E-state index in [2.05, 4.69) is 0 Å². The van der Waals surface area contributed by atoms with Crippen molar-refractivity contribution < 1.29 is 14.6 Å². The lowest BCUT2D eigenvalue weighted by Gasteiger charge is -2.32. The summed E-state index contributed by atoms with van der Waals surface area (Å²) in [5.74, 6) is -0.627. The topological polar surface area (TPSA) is 84.7 Å². The number of nitrogens with zero attached hydrogens (tertiary/aromatic N) is 2. The van der Waals surface area contributed by atoms with Crippen LogP contribution < -0.4 is 5.43 Å². The number of benzene rings is 1. The van der Waals surface area contributed by atoms with Crippen molar-refractivity contribution in [3.63, 3.8) is 0 Å². The van der Waals surface area contributed by atoms with Gasteiger partial charge in [0, 0.05) is 13.1 Å². The number of nitrogens with one attached hydrogen (secondary N) is 1. The van der Waals surface area contributed by atoms with Crippen molar-refractivity contribution in [2.75, 3.05) is 26.3 Å². The molecule has 1 fully saturated rings. The van der Waals surface area contributed by atoms with Gasteiger partial charge in [-0.2, -0.15) is 0 Å². The van der Waals surface area contributed by atoms with Gasteiger partial charge in [-0.15, -0.1) is 0 Å². The Bertz CT molecular complexity index is 446. The molecule has 19 heavy (non-hydrogen) atoms. The van der Waals surface area contributed by atoms with Crippen LogP contribution in [0, 0.1) is 10.1 Å². The number of carbonyl (C=O) groups excluding carboxylic acids is 1. The standard InChI is InChI=1S/C12H15N3O4/c16-12(13-15(17)18)11(10-4-2-1-3-5-10)14-6-8-19-9-7-14/h1-5,11H,6-9H2,(H,13,16). The summed E-state index contributed by atoms with van der Waals surface area (Å²) in [6, 6.07) is 8.38. The maximum atomic E-state index is 12.0. The zero-order valence-corrected chi connectivity index (χ0v) is 10.3. The third kappa shape index (κ3) is 3.49. The van der Waals surface area contributed by atoms with E-state index in [0.29, 0.717) is 26.3 Å². The first-order valence-corrected chi connectivity index (χ1v) is 6.00. The summed E-state index contributed by atoms with van der Waals surface area (Å²) in [6.45, 7) is 2.19. The first-order chi connectivity index (χ1) is 9.18. The fourth-order valence-corrected chi connectivity index (χ4v) is 2.15. The van der Waals surface area contributed by atoms with Crippen LogP contribution in [-0.2, 0) is 9.53 Å². The molecule has 2 rings (SSSR count). The van der Waals surface area contributed by atoms with Crippen molar-refractivity contribution in [2.45, 2.75) is 6.04 Å². The van der Waals surface area contributed by atoms with Gasteiger partial charge in [-0.25, -0.2) is 10.1 Å². The predicted molar refractivity (Wildman–Crippen MR) is 66.7 cm³/mol. The summed E-state index contributed by atoms with van der Waals surface area (Å²) in [5.41, 5.74) is 2.48. The number of rotatable bonds is 4. The van der Waals surface area contributed by atoms with Crippen LogP contribution in [0.15, 0.2) is 30.3 Å². The highest BCUT2D eigenvalue weighted by Crippen LogP contribution is 2.21. The number of morpholine rings is 1. The average molecular weight is 265 g/mol. The third-order valence-electron chi connectivity index (χ3n) is 2.98. The van der Waals surface area contributed by atoms with E-state index >= 15 is 0 Å². The second kappa shape index (κ2) is 6.26. The van der Waals surface area contributed by atoms with Gasteiger partial charge in [0.2, 0.25) is 0 Å². The molecule has 7 heteroatoms. The van der Waals surface area contributed by atoms with Gasteiger partial charge in [-0.1, -0.05) is 35.8 Å². The summed E-state index contributed by atoms with van der Waals surface area (Å²) in [4.78, 5) is 24.4.